The number of aliphatic carboxylic acids is 1. The van der Waals surface area contributed by atoms with Crippen molar-refractivity contribution >= 4 is 5.97 Å². The number of hydrogen-bond donors (Lipinski definition) is 1. The zero-order valence-corrected chi connectivity index (χ0v) is 10.5. The average Bonchev–Trinajstić information content (AvgIpc) is 2.53. The van der Waals surface area contributed by atoms with Crippen LogP contribution < -0.4 is 0 Å². The van der Waals surface area contributed by atoms with E-state index in [0.29, 0.717) is 19.7 Å². The van der Waals surface area contributed by atoms with Crippen LogP contribution in [0.4, 0.5) is 0 Å². The van der Waals surface area contributed by atoms with Crippen molar-refractivity contribution in [2.45, 2.75) is 13.5 Å². The molecule has 1 heterocycles. The minimum absolute atomic E-state index is 0.00753. The maximum atomic E-state index is 10.7. The molecule has 0 fully saturated rings. The second-order valence-corrected chi connectivity index (χ2v) is 4.00. The first-order valence-electron chi connectivity index (χ1n) is 5.45. The maximum Gasteiger partial charge on any atom is 0.317 e. The fraction of sp³-hybridized carbons (Fsp3) is 0.636. The fourth-order valence-corrected chi connectivity index (χ4v) is 1.67. The molecule has 0 saturated heterocycles. The Morgan fingerprint density at radius 2 is 2.35 bits per heavy atom. The number of aromatic nitrogens is 2. The molecule has 1 aromatic rings. The molecule has 0 aromatic carbocycles. The Labute approximate surface area is 101 Å². The Hall–Kier alpha value is -1.40. The van der Waals surface area contributed by atoms with Gasteiger partial charge in [-0.25, -0.2) is 0 Å². The zero-order chi connectivity index (χ0) is 12.8. The van der Waals surface area contributed by atoms with E-state index in [0.717, 1.165) is 11.4 Å². The number of nitrogens with zero attached hydrogens (tertiary/aromatic N) is 3. The number of rotatable bonds is 7. The smallest absolute Gasteiger partial charge is 0.317 e. The van der Waals surface area contributed by atoms with Crippen LogP contribution in [0, 0.1) is 6.92 Å². The Balaban J connectivity index is 2.64. The highest BCUT2D eigenvalue weighted by Gasteiger charge is 2.12. The van der Waals surface area contributed by atoms with E-state index in [1.807, 2.05) is 24.9 Å². The first kappa shape index (κ1) is 13.7. The van der Waals surface area contributed by atoms with Gasteiger partial charge in [-0.3, -0.25) is 14.4 Å². The van der Waals surface area contributed by atoms with Gasteiger partial charge in [0.2, 0.25) is 0 Å². The zero-order valence-electron chi connectivity index (χ0n) is 10.5. The summed E-state index contributed by atoms with van der Waals surface area (Å²) < 4.78 is 6.74. The number of carboxylic acid groups (broad SMARTS) is 1. The topological polar surface area (TPSA) is 67.6 Å². The third-order valence-corrected chi connectivity index (χ3v) is 2.46. The molecule has 0 bridgehead atoms. The molecule has 0 unspecified atom stereocenters. The van der Waals surface area contributed by atoms with Gasteiger partial charge in [-0.05, 0) is 13.0 Å². The monoisotopic (exact) mass is 241 g/mol. The van der Waals surface area contributed by atoms with Gasteiger partial charge >= 0.3 is 5.97 Å². The van der Waals surface area contributed by atoms with Gasteiger partial charge in [-0.15, -0.1) is 0 Å². The number of carbonyl (C=O) groups is 1. The lowest BCUT2D eigenvalue weighted by atomic mass is 10.3. The summed E-state index contributed by atoms with van der Waals surface area (Å²) >= 11 is 0. The summed E-state index contributed by atoms with van der Waals surface area (Å²) in [5, 5.41) is 13.1. The van der Waals surface area contributed by atoms with E-state index in [2.05, 4.69) is 5.10 Å². The quantitative estimate of drug-likeness (QED) is 0.741. The summed E-state index contributed by atoms with van der Waals surface area (Å²) in [5.74, 6) is -0.833. The summed E-state index contributed by atoms with van der Waals surface area (Å²) in [6, 6.07) is 1.96. The second-order valence-electron chi connectivity index (χ2n) is 4.00. The molecule has 0 aliphatic rings. The van der Waals surface area contributed by atoms with Crippen molar-refractivity contribution in [2.24, 2.45) is 7.05 Å². The van der Waals surface area contributed by atoms with E-state index in [1.54, 1.807) is 11.8 Å². The first-order chi connectivity index (χ1) is 8.02. The van der Waals surface area contributed by atoms with Crippen molar-refractivity contribution in [1.29, 1.82) is 0 Å². The Bertz CT molecular complexity index is 376. The Morgan fingerprint density at radius 1 is 1.65 bits per heavy atom. The van der Waals surface area contributed by atoms with E-state index >= 15 is 0 Å². The molecule has 6 nitrogen and oxygen atoms in total. The van der Waals surface area contributed by atoms with Crippen molar-refractivity contribution in [3.05, 3.63) is 17.5 Å². The highest BCUT2D eigenvalue weighted by molar-refractivity contribution is 5.69. The standard InChI is InChI=1S/C11H19N3O3/c1-9-6-10(13(2)12-9)7-14(4-5-17-3)8-11(15)16/h6H,4-5,7-8H2,1-3H3,(H,15,16). The molecule has 1 rings (SSSR count). The predicted molar refractivity (Wildman–Crippen MR) is 62.7 cm³/mol. The minimum Gasteiger partial charge on any atom is -0.480 e. The lowest BCUT2D eigenvalue weighted by molar-refractivity contribution is -0.138. The third kappa shape index (κ3) is 4.54. The first-order valence-corrected chi connectivity index (χ1v) is 5.45. The van der Waals surface area contributed by atoms with Crippen LogP contribution in [0.1, 0.15) is 11.4 Å². The van der Waals surface area contributed by atoms with Gasteiger partial charge in [0.1, 0.15) is 0 Å². The molecule has 0 radical (unpaired) electrons. The van der Waals surface area contributed by atoms with Gasteiger partial charge < -0.3 is 9.84 Å². The number of ether oxygens (including phenoxy) is 1. The van der Waals surface area contributed by atoms with Crippen LogP contribution in [0.5, 0.6) is 0 Å². The van der Waals surface area contributed by atoms with Gasteiger partial charge in [-0.2, -0.15) is 5.10 Å². The number of aryl methyl sites for hydroxylation is 2. The van der Waals surface area contributed by atoms with E-state index in [1.165, 1.54) is 0 Å². The average molecular weight is 241 g/mol. The SMILES string of the molecule is COCCN(CC(=O)O)Cc1cc(C)nn1C. The highest BCUT2D eigenvalue weighted by Crippen LogP contribution is 2.06. The summed E-state index contributed by atoms with van der Waals surface area (Å²) in [6.07, 6.45) is 0. The fourth-order valence-electron chi connectivity index (χ4n) is 1.67. The van der Waals surface area contributed by atoms with Crippen molar-refractivity contribution < 1.29 is 14.6 Å². The second kappa shape index (κ2) is 6.36. The van der Waals surface area contributed by atoms with Crippen molar-refractivity contribution in [3.8, 4) is 0 Å². The molecule has 1 N–H and O–H groups in total. The Morgan fingerprint density at radius 3 is 2.82 bits per heavy atom. The Kier molecular flexibility index (Phi) is 5.11. The van der Waals surface area contributed by atoms with E-state index in [-0.39, 0.29) is 6.54 Å². The maximum absolute atomic E-state index is 10.7. The molecular formula is C11H19N3O3. The van der Waals surface area contributed by atoms with Crippen molar-refractivity contribution in [3.63, 3.8) is 0 Å². The van der Waals surface area contributed by atoms with Crippen LogP contribution >= 0.6 is 0 Å². The lowest BCUT2D eigenvalue weighted by Gasteiger charge is -2.19. The molecule has 96 valence electrons. The van der Waals surface area contributed by atoms with E-state index in [4.69, 9.17) is 9.84 Å². The van der Waals surface area contributed by atoms with Gasteiger partial charge in [0, 0.05) is 27.2 Å². The van der Waals surface area contributed by atoms with Gasteiger partial charge in [0.05, 0.1) is 24.5 Å². The lowest BCUT2D eigenvalue weighted by Crippen LogP contribution is -2.32. The minimum atomic E-state index is -0.833. The van der Waals surface area contributed by atoms with Crippen LogP contribution in [-0.4, -0.2) is 52.6 Å². The highest BCUT2D eigenvalue weighted by atomic mass is 16.5. The number of methoxy groups -OCH3 is 1. The molecule has 0 aliphatic heterocycles. The largest absolute Gasteiger partial charge is 0.480 e. The molecular weight excluding hydrogens is 222 g/mol. The van der Waals surface area contributed by atoms with E-state index < -0.39 is 5.97 Å². The van der Waals surface area contributed by atoms with Crippen LogP contribution in [0.25, 0.3) is 0 Å². The third-order valence-electron chi connectivity index (χ3n) is 2.46. The summed E-state index contributed by atoms with van der Waals surface area (Å²) in [7, 11) is 3.46. The number of hydrogen-bond acceptors (Lipinski definition) is 4. The van der Waals surface area contributed by atoms with Gasteiger partial charge in [-0.1, -0.05) is 0 Å². The molecule has 17 heavy (non-hydrogen) atoms. The van der Waals surface area contributed by atoms with Crippen LogP contribution in [0.2, 0.25) is 0 Å². The summed E-state index contributed by atoms with van der Waals surface area (Å²) in [5.41, 5.74) is 1.93. The van der Waals surface area contributed by atoms with Crippen LogP contribution in [0.3, 0.4) is 0 Å². The molecule has 0 spiro atoms. The van der Waals surface area contributed by atoms with Crippen molar-refractivity contribution in [2.75, 3.05) is 26.8 Å². The van der Waals surface area contributed by atoms with Crippen molar-refractivity contribution in [1.82, 2.24) is 14.7 Å². The summed E-state index contributed by atoms with van der Waals surface area (Å²) in [4.78, 5) is 12.6. The van der Waals surface area contributed by atoms with E-state index in [9.17, 15) is 4.79 Å². The molecule has 0 saturated carbocycles. The summed E-state index contributed by atoms with van der Waals surface area (Å²) in [6.45, 7) is 3.60. The molecule has 6 heteroatoms. The molecule has 0 atom stereocenters. The van der Waals surface area contributed by atoms with Crippen LogP contribution in [-0.2, 0) is 23.1 Å². The molecule has 0 aliphatic carbocycles. The van der Waals surface area contributed by atoms with Gasteiger partial charge in [0.15, 0.2) is 0 Å². The van der Waals surface area contributed by atoms with Gasteiger partial charge in [0.25, 0.3) is 0 Å². The molecule has 1 aromatic heterocycles. The predicted octanol–water partition coefficient (Wildman–Crippen LogP) is 0.262. The van der Waals surface area contributed by atoms with Crippen LogP contribution in [0.15, 0.2) is 6.07 Å². The normalized spacial score (nSPS) is 11.1. The number of carboxylic acids is 1. The molecule has 0 amide bonds.